The first-order valence-electron chi connectivity index (χ1n) is 13.7. The summed E-state index contributed by atoms with van der Waals surface area (Å²) >= 11 is 0. The highest BCUT2D eigenvalue weighted by molar-refractivity contribution is 5.91. The van der Waals surface area contributed by atoms with Crippen molar-refractivity contribution < 1.29 is 23.8 Å². The summed E-state index contributed by atoms with van der Waals surface area (Å²) in [7, 11) is 0. The van der Waals surface area contributed by atoms with Crippen molar-refractivity contribution in [3.8, 4) is 0 Å². The zero-order chi connectivity index (χ0) is 27.9. The zero-order valence-corrected chi connectivity index (χ0v) is 22.9. The van der Waals surface area contributed by atoms with Crippen molar-refractivity contribution in [2.24, 2.45) is 5.92 Å². The highest BCUT2D eigenvalue weighted by atomic mass is 16.6. The van der Waals surface area contributed by atoms with Crippen molar-refractivity contribution in [3.05, 3.63) is 143 Å². The first-order valence-corrected chi connectivity index (χ1v) is 13.7. The summed E-state index contributed by atoms with van der Waals surface area (Å²) in [6.07, 6.45) is -1.80. The Kier molecular flexibility index (Phi) is 6.55. The molecule has 2 bridgehead atoms. The number of hydrogen-bond donors (Lipinski definition) is 0. The average Bonchev–Trinajstić information content (AvgIpc) is 2.99. The molecule has 0 N–H and O–H groups in total. The van der Waals surface area contributed by atoms with Crippen LogP contribution in [0, 0.1) is 5.92 Å². The molecule has 0 saturated heterocycles. The lowest BCUT2D eigenvalue weighted by atomic mass is 9.51. The van der Waals surface area contributed by atoms with Gasteiger partial charge in [-0.25, -0.2) is 9.59 Å². The maximum Gasteiger partial charge on any atom is 0.338 e. The molecule has 3 aliphatic carbocycles. The Hall–Kier alpha value is -4.22. The molecule has 0 aromatic heterocycles. The van der Waals surface area contributed by atoms with Gasteiger partial charge in [0.15, 0.2) is 17.8 Å². The van der Waals surface area contributed by atoms with Crippen molar-refractivity contribution in [1.82, 2.24) is 0 Å². The predicted molar refractivity (Wildman–Crippen MR) is 152 cm³/mol. The molecular weight excluding hydrogens is 500 g/mol. The summed E-state index contributed by atoms with van der Waals surface area (Å²) in [6.45, 7) is 6.66. The highest BCUT2D eigenvalue weighted by Gasteiger charge is 2.68. The molecule has 0 heterocycles. The van der Waals surface area contributed by atoms with Gasteiger partial charge in [0.25, 0.3) is 0 Å². The number of carbonyl (C=O) groups excluding carboxylic acids is 2. The number of benzene rings is 4. The Bertz CT molecular complexity index is 1500. The summed E-state index contributed by atoms with van der Waals surface area (Å²) in [6, 6.07) is 34.0. The molecule has 0 saturated carbocycles. The third-order valence-electron chi connectivity index (χ3n) is 8.15. The maximum atomic E-state index is 13.7. The first-order chi connectivity index (χ1) is 19.4. The van der Waals surface area contributed by atoms with Crippen LogP contribution in [-0.4, -0.2) is 30.8 Å². The van der Waals surface area contributed by atoms with Gasteiger partial charge in [-0.3, -0.25) is 0 Å². The van der Waals surface area contributed by atoms with Gasteiger partial charge in [-0.15, -0.1) is 0 Å². The van der Waals surface area contributed by atoms with Gasteiger partial charge in [-0.05, 0) is 59.4 Å². The van der Waals surface area contributed by atoms with Crippen LogP contribution in [0.25, 0.3) is 0 Å². The van der Waals surface area contributed by atoms with Crippen molar-refractivity contribution in [2.45, 2.75) is 44.0 Å². The van der Waals surface area contributed by atoms with E-state index in [0.29, 0.717) is 17.7 Å². The number of rotatable bonds is 7. The minimum absolute atomic E-state index is 0.208. The predicted octanol–water partition coefficient (Wildman–Crippen LogP) is 6.69. The van der Waals surface area contributed by atoms with Gasteiger partial charge < -0.3 is 14.2 Å². The van der Waals surface area contributed by atoms with Crippen molar-refractivity contribution >= 4 is 11.9 Å². The number of esters is 2. The topological polar surface area (TPSA) is 61.8 Å². The van der Waals surface area contributed by atoms with E-state index < -0.39 is 35.2 Å². The Labute approximate surface area is 234 Å². The van der Waals surface area contributed by atoms with E-state index in [1.165, 1.54) is 0 Å². The van der Waals surface area contributed by atoms with Crippen LogP contribution in [0.2, 0.25) is 0 Å². The van der Waals surface area contributed by atoms with E-state index in [-0.39, 0.29) is 5.92 Å². The lowest BCUT2D eigenvalue weighted by molar-refractivity contribution is -0.182. The largest absolute Gasteiger partial charge is 0.453 e. The average molecular weight is 533 g/mol. The lowest BCUT2D eigenvalue weighted by Gasteiger charge is -2.60. The van der Waals surface area contributed by atoms with E-state index in [0.717, 1.165) is 22.3 Å². The van der Waals surface area contributed by atoms with Gasteiger partial charge in [0.1, 0.15) is 0 Å². The number of fused-ring (bicyclic) bond motifs is 1. The van der Waals surface area contributed by atoms with Crippen LogP contribution < -0.4 is 0 Å². The van der Waals surface area contributed by atoms with Crippen molar-refractivity contribution in [1.29, 1.82) is 0 Å². The lowest BCUT2D eigenvalue weighted by Crippen LogP contribution is -2.68. The molecule has 2 unspecified atom stereocenters. The number of hydrogen-bond acceptors (Lipinski definition) is 5. The molecule has 0 radical (unpaired) electrons. The van der Waals surface area contributed by atoms with Gasteiger partial charge in [-0.2, -0.15) is 0 Å². The summed E-state index contributed by atoms with van der Waals surface area (Å²) in [4.78, 5) is 27.3. The monoisotopic (exact) mass is 532 g/mol. The highest BCUT2D eigenvalue weighted by Crippen LogP contribution is 2.61. The molecule has 4 aromatic rings. The smallest absolute Gasteiger partial charge is 0.338 e. The van der Waals surface area contributed by atoms with E-state index in [1.54, 1.807) is 48.5 Å². The molecule has 0 fully saturated rings. The minimum atomic E-state index is -1.18. The zero-order valence-electron chi connectivity index (χ0n) is 22.9. The van der Waals surface area contributed by atoms with Crippen LogP contribution in [-0.2, 0) is 25.2 Å². The maximum absolute atomic E-state index is 13.7. The molecule has 7 rings (SSSR count). The first kappa shape index (κ1) is 26.0. The molecular formula is C35H32O5. The standard InChI is InChI=1S/C35H32O5/c1-23(2)22-38-35-28-20-12-10-18-26(28)34(3,27-19-11-13-21-29(27)35)30(39-32(36)24-14-6-4-7-15-24)31(35)40-33(37)25-16-8-5-9-17-25/h4-21,23,30-31H,22H2,1-3H3. The molecule has 5 heteroatoms. The van der Waals surface area contributed by atoms with Crippen LogP contribution in [0.1, 0.15) is 63.7 Å². The summed E-state index contributed by atoms with van der Waals surface area (Å²) in [5.74, 6) is -0.765. The molecule has 4 aromatic carbocycles. The molecule has 3 aliphatic rings. The molecule has 0 spiro atoms. The van der Waals surface area contributed by atoms with Crippen LogP contribution in [0.5, 0.6) is 0 Å². The van der Waals surface area contributed by atoms with Gasteiger partial charge in [-0.1, -0.05) is 98.8 Å². The van der Waals surface area contributed by atoms with Crippen LogP contribution in [0.3, 0.4) is 0 Å². The molecule has 5 nitrogen and oxygen atoms in total. The third-order valence-corrected chi connectivity index (χ3v) is 8.15. The quantitative estimate of drug-likeness (QED) is 0.248. The fraction of sp³-hybridized carbons (Fsp3) is 0.257. The third kappa shape index (κ3) is 3.96. The second-order valence-corrected chi connectivity index (χ2v) is 11.1. The van der Waals surface area contributed by atoms with Crippen molar-refractivity contribution in [2.75, 3.05) is 6.61 Å². The summed E-state index contributed by atoms with van der Waals surface area (Å²) < 4.78 is 19.8. The Morgan fingerprint density at radius 3 is 1.48 bits per heavy atom. The Morgan fingerprint density at radius 2 is 1.02 bits per heavy atom. The fourth-order valence-electron chi connectivity index (χ4n) is 6.31. The number of carbonyl (C=O) groups is 2. The van der Waals surface area contributed by atoms with E-state index in [4.69, 9.17) is 14.2 Å². The second kappa shape index (κ2) is 10.1. The second-order valence-electron chi connectivity index (χ2n) is 11.1. The molecule has 0 aliphatic heterocycles. The normalized spacial score (nSPS) is 24.2. The van der Waals surface area contributed by atoms with E-state index >= 15 is 0 Å². The van der Waals surface area contributed by atoms with Crippen LogP contribution in [0.4, 0.5) is 0 Å². The molecule has 202 valence electrons. The molecule has 40 heavy (non-hydrogen) atoms. The van der Waals surface area contributed by atoms with Crippen LogP contribution in [0.15, 0.2) is 109 Å². The van der Waals surface area contributed by atoms with Crippen molar-refractivity contribution in [3.63, 3.8) is 0 Å². The molecule has 0 amide bonds. The molecule has 2 atom stereocenters. The summed E-state index contributed by atoms with van der Waals surface area (Å²) in [5, 5.41) is 0. The minimum Gasteiger partial charge on any atom is -0.453 e. The number of ether oxygens (including phenoxy) is 3. The summed E-state index contributed by atoms with van der Waals surface area (Å²) in [5.41, 5.74) is 2.71. The van der Waals surface area contributed by atoms with E-state index in [2.05, 4.69) is 32.9 Å². The van der Waals surface area contributed by atoms with Gasteiger partial charge in [0, 0.05) is 0 Å². The fourth-order valence-corrected chi connectivity index (χ4v) is 6.31. The Balaban J connectivity index is 1.59. The van der Waals surface area contributed by atoms with E-state index in [1.807, 2.05) is 48.5 Å². The van der Waals surface area contributed by atoms with Gasteiger partial charge >= 0.3 is 11.9 Å². The van der Waals surface area contributed by atoms with Gasteiger partial charge in [0.2, 0.25) is 0 Å². The van der Waals surface area contributed by atoms with Crippen LogP contribution >= 0.6 is 0 Å². The van der Waals surface area contributed by atoms with E-state index in [9.17, 15) is 9.59 Å². The van der Waals surface area contributed by atoms with Gasteiger partial charge in [0.05, 0.1) is 23.1 Å². The SMILES string of the molecule is CC(C)COC12c3ccccc3C(C)(c3ccccc31)C(OC(=O)c1ccccc1)C2OC(=O)c1ccccc1. The Morgan fingerprint density at radius 1 is 0.625 bits per heavy atom.